The Morgan fingerprint density at radius 1 is 0.917 bits per heavy atom. The number of carbonyl (C=O) groups is 1. The molecule has 12 heavy (non-hydrogen) atoms. The fourth-order valence-electron chi connectivity index (χ4n) is 0.959. The van der Waals surface area contributed by atoms with Gasteiger partial charge in [-0.15, -0.1) is 0 Å². The van der Waals surface area contributed by atoms with Crippen molar-refractivity contribution in [1.29, 1.82) is 0 Å². The van der Waals surface area contributed by atoms with Gasteiger partial charge in [0.2, 0.25) is 0 Å². The van der Waals surface area contributed by atoms with Crippen LogP contribution >= 0.6 is 0 Å². The molecule has 1 heteroatoms. The normalized spacial score (nSPS) is 21.6. The van der Waals surface area contributed by atoms with E-state index >= 15 is 0 Å². The summed E-state index contributed by atoms with van der Waals surface area (Å²) >= 11 is 0. The molecule has 0 aromatic rings. The van der Waals surface area contributed by atoms with Crippen LogP contribution in [0.5, 0.6) is 0 Å². The lowest BCUT2D eigenvalue weighted by Crippen LogP contribution is -2.03. The number of allylic oxidation sites excluding steroid dienone is 8. The molecule has 0 bridgehead atoms. The summed E-state index contributed by atoms with van der Waals surface area (Å²) in [6.07, 6.45) is 15.3. The fraction of sp³-hybridized carbons (Fsp3) is 0.182. The molecule has 1 rings (SSSR count). The van der Waals surface area contributed by atoms with Gasteiger partial charge in [-0.1, -0.05) is 48.6 Å². The Morgan fingerprint density at radius 3 is 1.75 bits per heavy atom. The number of rotatable bonds is 1. The van der Waals surface area contributed by atoms with E-state index in [2.05, 4.69) is 0 Å². The summed E-state index contributed by atoms with van der Waals surface area (Å²) in [6, 6.07) is 0. The summed E-state index contributed by atoms with van der Waals surface area (Å²) in [5.41, 5.74) is 0. The van der Waals surface area contributed by atoms with Crippen molar-refractivity contribution in [3.8, 4) is 0 Å². The summed E-state index contributed by atoms with van der Waals surface area (Å²) in [7, 11) is 0. The molecular formula is C11H12O. The van der Waals surface area contributed by atoms with Gasteiger partial charge in [0.15, 0.2) is 0 Å². The van der Waals surface area contributed by atoms with Gasteiger partial charge in [0.1, 0.15) is 5.78 Å². The summed E-state index contributed by atoms with van der Waals surface area (Å²) in [4.78, 5) is 11.0. The van der Waals surface area contributed by atoms with Crippen molar-refractivity contribution in [1.82, 2.24) is 0 Å². The van der Waals surface area contributed by atoms with E-state index < -0.39 is 0 Å². The van der Waals surface area contributed by atoms with Gasteiger partial charge in [0, 0.05) is 0 Å². The Kier molecular flexibility index (Phi) is 3.27. The zero-order valence-electron chi connectivity index (χ0n) is 7.10. The molecule has 0 aliphatic heterocycles. The molecule has 0 saturated heterocycles. The Balaban J connectivity index is 2.81. The average molecular weight is 160 g/mol. The van der Waals surface area contributed by atoms with Crippen molar-refractivity contribution in [2.24, 2.45) is 5.92 Å². The number of carbonyl (C=O) groups excluding carboxylic acids is 1. The van der Waals surface area contributed by atoms with Crippen molar-refractivity contribution in [3.63, 3.8) is 0 Å². The lowest BCUT2D eigenvalue weighted by Gasteiger charge is -1.99. The van der Waals surface area contributed by atoms with Crippen LogP contribution in [-0.2, 0) is 4.79 Å². The number of ketones is 1. The highest BCUT2D eigenvalue weighted by Gasteiger charge is 2.04. The summed E-state index contributed by atoms with van der Waals surface area (Å²) < 4.78 is 0. The highest BCUT2D eigenvalue weighted by Crippen LogP contribution is 2.04. The molecule has 0 N–H and O–H groups in total. The highest BCUT2D eigenvalue weighted by atomic mass is 16.1. The monoisotopic (exact) mass is 160 g/mol. The predicted octanol–water partition coefficient (Wildman–Crippen LogP) is 2.43. The first-order chi connectivity index (χ1) is 5.80. The van der Waals surface area contributed by atoms with E-state index in [-0.39, 0.29) is 11.7 Å². The minimum absolute atomic E-state index is 0.0719. The number of hydrogen-bond donors (Lipinski definition) is 0. The SMILES string of the molecule is CC(=O)C1C=CC=CC=CC=C1. The zero-order chi connectivity index (χ0) is 8.81. The van der Waals surface area contributed by atoms with E-state index in [9.17, 15) is 4.79 Å². The van der Waals surface area contributed by atoms with Gasteiger partial charge in [-0.2, -0.15) is 0 Å². The van der Waals surface area contributed by atoms with Crippen LogP contribution in [0.25, 0.3) is 0 Å². The second-order valence-corrected chi connectivity index (χ2v) is 2.68. The highest BCUT2D eigenvalue weighted by molar-refractivity contribution is 5.82. The lowest BCUT2D eigenvalue weighted by atomic mass is 10.0. The Morgan fingerprint density at radius 2 is 1.33 bits per heavy atom. The molecular weight excluding hydrogens is 148 g/mol. The second kappa shape index (κ2) is 4.50. The van der Waals surface area contributed by atoms with E-state index in [0.29, 0.717) is 0 Å². The molecule has 0 radical (unpaired) electrons. The van der Waals surface area contributed by atoms with Crippen LogP contribution in [-0.4, -0.2) is 5.78 Å². The fourth-order valence-corrected chi connectivity index (χ4v) is 0.959. The van der Waals surface area contributed by atoms with Crippen molar-refractivity contribution >= 4 is 5.78 Å². The van der Waals surface area contributed by atoms with Crippen LogP contribution in [0.2, 0.25) is 0 Å². The first-order valence-corrected chi connectivity index (χ1v) is 3.99. The Labute approximate surface area is 72.8 Å². The van der Waals surface area contributed by atoms with E-state index in [1.54, 1.807) is 6.92 Å². The van der Waals surface area contributed by atoms with Gasteiger partial charge >= 0.3 is 0 Å². The summed E-state index contributed by atoms with van der Waals surface area (Å²) in [5.74, 6) is 0.101. The molecule has 1 nitrogen and oxygen atoms in total. The first kappa shape index (κ1) is 8.72. The van der Waals surface area contributed by atoms with E-state index in [1.807, 2.05) is 48.6 Å². The van der Waals surface area contributed by atoms with Crippen LogP contribution in [0.4, 0.5) is 0 Å². The third-order valence-electron chi connectivity index (χ3n) is 1.66. The molecule has 0 heterocycles. The quantitative estimate of drug-likeness (QED) is 0.575. The molecule has 0 aromatic heterocycles. The van der Waals surface area contributed by atoms with Crippen LogP contribution in [0.3, 0.4) is 0 Å². The van der Waals surface area contributed by atoms with E-state index in [4.69, 9.17) is 0 Å². The third kappa shape index (κ3) is 2.70. The molecule has 0 spiro atoms. The lowest BCUT2D eigenvalue weighted by molar-refractivity contribution is -0.118. The smallest absolute Gasteiger partial charge is 0.140 e. The molecule has 0 unspecified atom stereocenters. The Hall–Kier alpha value is -1.37. The number of Topliss-reactive ketones (excluding diaryl/α,β-unsaturated/α-hetero) is 1. The molecule has 1 aliphatic rings. The van der Waals surface area contributed by atoms with Gasteiger partial charge in [-0.3, -0.25) is 4.79 Å². The van der Waals surface area contributed by atoms with Crippen LogP contribution in [0, 0.1) is 5.92 Å². The van der Waals surface area contributed by atoms with Gasteiger partial charge in [-0.05, 0) is 6.92 Å². The maximum Gasteiger partial charge on any atom is 0.140 e. The topological polar surface area (TPSA) is 17.1 Å². The molecule has 1 aliphatic carbocycles. The van der Waals surface area contributed by atoms with E-state index in [1.165, 1.54) is 0 Å². The van der Waals surface area contributed by atoms with Gasteiger partial charge in [0.05, 0.1) is 5.92 Å². The Bertz CT molecular complexity index is 245. The van der Waals surface area contributed by atoms with Crippen molar-refractivity contribution < 1.29 is 4.79 Å². The summed E-state index contributed by atoms with van der Waals surface area (Å²) in [5, 5.41) is 0. The van der Waals surface area contributed by atoms with Gasteiger partial charge in [0.25, 0.3) is 0 Å². The van der Waals surface area contributed by atoms with Crippen molar-refractivity contribution in [2.75, 3.05) is 0 Å². The molecule has 0 atom stereocenters. The van der Waals surface area contributed by atoms with Crippen LogP contribution < -0.4 is 0 Å². The van der Waals surface area contributed by atoms with E-state index in [0.717, 1.165) is 0 Å². The zero-order valence-corrected chi connectivity index (χ0v) is 7.10. The second-order valence-electron chi connectivity index (χ2n) is 2.68. The minimum Gasteiger partial charge on any atom is -0.299 e. The van der Waals surface area contributed by atoms with Crippen LogP contribution in [0.1, 0.15) is 6.92 Å². The third-order valence-corrected chi connectivity index (χ3v) is 1.66. The maximum atomic E-state index is 11.0. The number of hydrogen-bond acceptors (Lipinski definition) is 1. The first-order valence-electron chi connectivity index (χ1n) is 3.99. The van der Waals surface area contributed by atoms with Crippen LogP contribution in [0.15, 0.2) is 48.6 Å². The predicted molar refractivity (Wildman–Crippen MR) is 50.7 cm³/mol. The standard InChI is InChI=1S/C11H12O/c1-10(12)11-8-6-4-2-3-5-7-9-11/h2-9,11H,1H3. The minimum atomic E-state index is -0.0719. The molecule has 0 amide bonds. The van der Waals surface area contributed by atoms with Crippen molar-refractivity contribution in [3.05, 3.63) is 48.6 Å². The maximum absolute atomic E-state index is 11.0. The molecule has 0 saturated carbocycles. The largest absolute Gasteiger partial charge is 0.299 e. The van der Waals surface area contributed by atoms with Gasteiger partial charge in [-0.25, -0.2) is 0 Å². The van der Waals surface area contributed by atoms with Gasteiger partial charge < -0.3 is 0 Å². The molecule has 0 fully saturated rings. The van der Waals surface area contributed by atoms with Crippen molar-refractivity contribution in [2.45, 2.75) is 6.92 Å². The molecule has 0 aromatic carbocycles. The average Bonchev–Trinajstić information content (AvgIpc) is 2.15. The summed E-state index contributed by atoms with van der Waals surface area (Å²) in [6.45, 7) is 1.60. The molecule has 62 valence electrons.